The Morgan fingerprint density at radius 1 is 1.26 bits per heavy atom. The van der Waals surface area contributed by atoms with Crippen LogP contribution in [0.5, 0.6) is 0 Å². The number of aromatic nitrogens is 2. The number of piperazine rings is 1. The first-order valence-corrected chi connectivity index (χ1v) is 7.58. The zero-order valence-corrected chi connectivity index (χ0v) is 14.1. The number of carbonyl (C=O) groups is 1. The molecule has 1 saturated heterocycles. The van der Waals surface area contributed by atoms with Gasteiger partial charge in [0.15, 0.2) is 5.69 Å². The van der Waals surface area contributed by atoms with E-state index in [1.54, 1.807) is 20.8 Å². The molecule has 0 saturated carbocycles. The third kappa shape index (κ3) is 3.52. The van der Waals surface area contributed by atoms with Crippen LogP contribution in [-0.4, -0.2) is 58.2 Å². The van der Waals surface area contributed by atoms with Crippen molar-refractivity contribution in [2.75, 3.05) is 26.7 Å². The maximum absolute atomic E-state index is 13.5. The molecule has 1 aliphatic heterocycles. The van der Waals surface area contributed by atoms with Crippen molar-refractivity contribution in [2.24, 2.45) is 0 Å². The Kier molecular flexibility index (Phi) is 4.49. The number of likely N-dealkylation sites (N-methyl/N-ethyl adjacent to an activating group) is 1. The number of hydrogen-bond donors (Lipinski definition) is 0. The summed E-state index contributed by atoms with van der Waals surface area (Å²) in [6, 6.07) is -0.139. The Morgan fingerprint density at radius 3 is 2.35 bits per heavy atom. The van der Waals surface area contributed by atoms with Crippen molar-refractivity contribution in [3.63, 3.8) is 0 Å². The zero-order valence-electron chi connectivity index (χ0n) is 14.1. The molecular formula is C15H23F3N4O. The molecule has 2 heterocycles. The van der Waals surface area contributed by atoms with Gasteiger partial charge in [0.25, 0.3) is 5.91 Å². The second-order valence-corrected chi connectivity index (χ2v) is 7.10. The van der Waals surface area contributed by atoms with Gasteiger partial charge >= 0.3 is 6.18 Å². The monoisotopic (exact) mass is 332 g/mol. The Labute approximate surface area is 134 Å². The average Bonchev–Trinajstić information content (AvgIpc) is 2.82. The van der Waals surface area contributed by atoms with E-state index in [9.17, 15) is 18.0 Å². The number of nitrogens with zero attached hydrogens (tertiary/aromatic N) is 4. The molecule has 0 aliphatic carbocycles. The van der Waals surface area contributed by atoms with Gasteiger partial charge in [0.2, 0.25) is 0 Å². The normalized spacial score (nSPS) is 20.9. The largest absolute Gasteiger partial charge is 0.433 e. The van der Waals surface area contributed by atoms with Gasteiger partial charge in [-0.25, -0.2) is 0 Å². The number of hydrogen-bond acceptors (Lipinski definition) is 3. The van der Waals surface area contributed by atoms with E-state index in [0.29, 0.717) is 19.6 Å². The van der Waals surface area contributed by atoms with E-state index in [-0.39, 0.29) is 11.6 Å². The quantitative estimate of drug-likeness (QED) is 0.793. The van der Waals surface area contributed by atoms with Gasteiger partial charge in [0.05, 0.1) is 17.3 Å². The minimum atomic E-state index is -4.63. The second-order valence-electron chi connectivity index (χ2n) is 7.10. The highest BCUT2D eigenvalue weighted by molar-refractivity contribution is 5.95. The number of alkyl halides is 3. The molecule has 5 nitrogen and oxygen atoms in total. The molecule has 0 aromatic carbocycles. The Hall–Kier alpha value is -1.57. The fourth-order valence-electron chi connectivity index (χ4n) is 2.88. The lowest BCUT2D eigenvalue weighted by Gasteiger charge is -2.38. The summed E-state index contributed by atoms with van der Waals surface area (Å²) in [5.74, 6) is -0.603. The van der Waals surface area contributed by atoms with Crippen LogP contribution in [0, 0.1) is 0 Å². The Balaban J connectivity index is 2.44. The van der Waals surface area contributed by atoms with Crippen molar-refractivity contribution < 1.29 is 18.0 Å². The lowest BCUT2D eigenvalue weighted by Crippen LogP contribution is -2.53. The molecule has 1 amide bonds. The molecule has 8 heteroatoms. The Bertz CT molecular complexity index is 589. The molecule has 1 aromatic rings. The molecule has 1 aromatic heterocycles. The summed E-state index contributed by atoms with van der Waals surface area (Å²) < 4.78 is 41.4. The topological polar surface area (TPSA) is 41.4 Å². The number of halogens is 3. The molecule has 1 atom stereocenters. The standard InChI is InChI=1S/C15H23F3N4O/c1-10-9-20(5)6-7-21(10)13(23)11-8-19-22(14(2,3)4)12(11)15(16,17)18/h8,10H,6-7,9H2,1-5H3. The smallest absolute Gasteiger partial charge is 0.333 e. The van der Waals surface area contributed by atoms with E-state index in [4.69, 9.17) is 0 Å². The Morgan fingerprint density at radius 2 is 1.87 bits per heavy atom. The van der Waals surface area contributed by atoms with E-state index in [1.165, 1.54) is 4.90 Å². The molecule has 130 valence electrons. The van der Waals surface area contributed by atoms with Crippen LogP contribution in [0.3, 0.4) is 0 Å². The molecule has 23 heavy (non-hydrogen) atoms. The van der Waals surface area contributed by atoms with Crippen LogP contribution in [0.15, 0.2) is 6.20 Å². The van der Waals surface area contributed by atoms with Gasteiger partial charge < -0.3 is 9.80 Å². The van der Waals surface area contributed by atoms with Crippen molar-refractivity contribution in [2.45, 2.75) is 45.5 Å². The highest BCUT2D eigenvalue weighted by atomic mass is 19.4. The first kappa shape index (κ1) is 17.8. The van der Waals surface area contributed by atoms with Crippen LogP contribution in [0.2, 0.25) is 0 Å². The third-order valence-electron chi connectivity index (χ3n) is 3.99. The van der Waals surface area contributed by atoms with Crippen molar-refractivity contribution in [3.05, 3.63) is 17.5 Å². The second kappa shape index (κ2) is 5.81. The zero-order chi connectivity index (χ0) is 17.6. The van der Waals surface area contributed by atoms with E-state index in [0.717, 1.165) is 10.9 Å². The summed E-state index contributed by atoms with van der Waals surface area (Å²) in [7, 11) is 1.93. The minimum Gasteiger partial charge on any atom is -0.333 e. The minimum absolute atomic E-state index is 0.139. The van der Waals surface area contributed by atoms with Crippen LogP contribution in [0.1, 0.15) is 43.7 Å². The average molecular weight is 332 g/mol. The van der Waals surface area contributed by atoms with Gasteiger partial charge in [-0.05, 0) is 34.7 Å². The number of rotatable bonds is 1. The van der Waals surface area contributed by atoms with Gasteiger partial charge in [-0.15, -0.1) is 0 Å². The van der Waals surface area contributed by atoms with Crippen LogP contribution < -0.4 is 0 Å². The number of carbonyl (C=O) groups excluding carboxylic acids is 1. The molecule has 0 bridgehead atoms. The molecule has 0 N–H and O–H groups in total. The van der Waals surface area contributed by atoms with Gasteiger partial charge in [-0.1, -0.05) is 0 Å². The molecule has 1 aliphatic rings. The summed E-state index contributed by atoms with van der Waals surface area (Å²) in [6.45, 7) is 8.42. The highest BCUT2D eigenvalue weighted by Gasteiger charge is 2.43. The lowest BCUT2D eigenvalue weighted by atomic mass is 10.1. The number of amides is 1. The summed E-state index contributed by atoms with van der Waals surface area (Å²) in [5, 5.41) is 3.85. The summed E-state index contributed by atoms with van der Waals surface area (Å²) in [5.41, 5.74) is -2.21. The van der Waals surface area contributed by atoms with Crippen molar-refractivity contribution in [3.8, 4) is 0 Å². The van der Waals surface area contributed by atoms with Gasteiger partial charge in [0.1, 0.15) is 0 Å². The summed E-state index contributed by atoms with van der Waals surface area (Å²) >= 11 is 0. The maximum atomic E-state index is 13.5. The molecule has 0 spiro atoms. The van der Waals surface area contributed by atoms with Crippen molar-refractivity contribution >= 4 is 5.91 Å². The summed E-state index contributed by atoms with van der Waals surface area (Å²) in [6.07, 6.45) is -3.59. The maximum Gasteiger partial charge on any atom is 0.433 e. The van der Waals surface area contributed by atoms with E-state index in [2.05, 4.69) is 10.00 Å². The summed E-state index contributed by atoms with van der Waals surface area (Å²) in [4.78, 5) is 16.2. The van der Waals surface area contributed by atoms with Crippen LogP contribution in [0.4, 0.5) is 13.2 Å². The highest BCUT2D eigenvalue weighted by Crippen LogP contribution is 2.35. The lowest BCUT2D eigenvalue weighted by molar-refractivity contribution is -0.146. The van der Waals surface area contributed by atoms with E-state index in [1.807, 2.05) is 14.0 Å². The molecule has 0 radical (unpaired) electrons. The van der Waals surface area contributed by atoms with E-state index >= 15 is 0 Å². The fraction of sp³-hybridized carbons (Fsp3) is 0.733. The van der Waals surface area contributed by atoms with Gasteiger partial charge in [-0.2, -0.15) is 18.3 Å². The third-order valence-corrected chi connectivity index (χ3v) is 3.99. The SMILES string of the molecule is CC1CN(C)CCN1C(=O)c1cnn(C(C)(C)C)c1C(F)(F)F. The fourth-order valence-corrected chi connectivity index (χ4v) is 2.88. The molecule has 1 unspecified atom stereocenters. The molecular weight excluding hydrogens is 309 g/mol. The van der Waals surface area contributed by atoms with Crippen LogP contribution in [0.25, 0.3) is 0 Å². The molecule has 2 rings (SSSR count). The van der Waals surface area contributed by atoms with Crippen molar-refractivity contribution in [1.82, 2.24) is 19.6 Å². The van der Waals surface area contributed by atoms with Crippen LogP contribution >= 0.6 is 0 Å². The van der Waals surface area contributed by atoms with Crippen LogP contribution in [-0.2, 0) is 11.7 Å². The first-order valence-electron chi connectivity index (χ1n) is 7.58. The van der Waals surface area contributed by atoms with Crippen molar-refractivity contribution in [1.29, 1.82) is 0 Å². The molecule has 1 fully saturated rings. The van der Waals surface area contributed by atoms with Gasteiger partial charge in [0, 0.05) is 25.7 Å². The first-order chi connectivity index (χ1) is 10.4. The van der Waals surface area contributed by atoms with E-state index < -0.39 is 23.3 Å². The van der Waals surface area contributed by atoms with Gasteiger partial charge in [-0.3, -0.25) is 9.48 Å². The predicted octanol–water partition coefficient (Wildman–Crippen LogP) is 2.43. The predicted molar refractivity (Wildman–Crippen MR) is 80.2 cm³/mol.